The average molecular weight is 475 g/mol. The molecule has 4 N–H and O–H groups in total. The van der Waals surface area contributed by atoms with Gasteiger partial charge in [-0.15, -0.1) is 10.2 Å². The monoisotopic (exact) mass is 474 g/mol. The lowest BCUT2D eigenvalue weighted by Crippen LogP contribution is -2.01. The molecule has 2 heterocycles. The molecule has 170 valence electrons. The molecular formula is C24H19FN6O2S. The highest BCUT2D eigenvalue weighted by Crippen LogP contribution is 2.34. The van der Waals surface area contributed by atoms with Gasteiger partial charge >= 0.3 is 0 Å². The average Bonchev–Trinajstić information content (AvgIpc) is 3.26. The minimum Gasteiger partial charge on any atom is -0.495 e. The first kappa shape index (κ1) is 21.5. The van der Waals surface area contributed by atoms with Gasteiger partial charge in [0.1, 0.15) is 38.9 Å². The summed E-state index contributed by atoms with van der Waals surface area (Å²) < 4.78 is 26.2. The highest BCUT2D eigenvalue weighted by molar-refractivity contribution is 7.14. The third-order valence-corrected chi connectivity index (χ3v) is 5.99. The summed E-state index contributed by atoms with van der Waals surface area (Å²) in [6.45, 7) is 1.89. The van der Waals surface area contributed by atoms with E-state index in [1.54, 1.807) is 30.3 Å². The minimum absolute atomic E-state index is 0.148. The smallest absolute Gasteiger partial charge is 0.165 e. The van der Waals surface area contributed by atoms with E-state index in [9.17, 15) is 0 Å². The molecule has 0 amide bonds. The van der Waals surface area contributed by atoms with Crippen molar-refractivity contribution < 1.29 is 13.9 Å². The van der Waals surface area contributed by atoms with Gasteiger partial charge in [0.15, 0.2) is 5.82 Å². The zero-order chi connectivity index (χ0) is 23.8. The van der Waals surface area contributed by atoms with Crippen molar-refractivity contribution in [3.63, 3.8) is 0 Å². The lowest BCUT2D eigenvalue weighted by atomic mass is 10.1. The molecule has 5 aromatic rings. The molecule has 0 bridgehead atoms. The number of nitrogen functional groups attached to an aromatic ring is 2. The normalized spacial score (nSPS) is 11.0. The van der Waals surface area contributed by atoms with E-state index in [1.807, 2.05) is 25.1 Å². The summed E-state index contributed by atoms with van der Waals surface area (Å²) in [7, 11) is 1.51. The van der Waals surface area contributed by atoms with Gasteiger partial charge in [0.25, 0.3) is 0 Å². The maximum absolute atomic E-state index is 15.1. The van der Waals surface area contributed by atoms with Gasteiger partial charge < -0.3 is 20.9 Å². The Morgan fingerprint density at radius 1 is 0.941 bits per heavy atom. The molecule has 0 atom stereocenters. The zero-order valence-corrected chi connectivity index (χ0v) is 19.1. The maximum atomic E-state index is 15.1. The van der Waals surface area contributed by atoms with E-state index in [0.29, 0.717) is 33.8 Å². The number of hydrogen-bond donors (Lipinski definition) is 2. The summed E-state index contributed by atoms with van der Waals surface area (Å²) in [5.41, 5.74) is 14.0. The number of anilines is 2. The van der Waals surface area contributed by atoms with E-state index < -0.39 is 5.82 Å². The third kappa shape index (κ3) is 4.06. The summed E-state index contributed by atoms with van der Waals surface area (Å²) in [6.07, 6.45) is 0. The predicted octanol–water partition coefficient (Wildman–Crippen LogP) is 5.23. The fourth-order valence-corrected chi connectivity index (χ4v) is 4.16. The lowest BCUT2D eigenvalue weighted by Gasteiger charge is -2.11. The molecule has 3 aromatic carbocycles. The van der Waals surface area contributed by atoms with Gasteiger partial charge in [-0.2, -0.15) is 0 Å². The number of methoxy groups -OCH3 is 1. The van der Waals surface area contributed by atoms with Crippen LogP contribution in [-0.2, 0) is 0 Å². The molecule has 8 nitrogen and oxygen atoms in total. The Labute approximate surface area is 198 Å². The van der Waals surface area contributed by atoms with Crippen LogP contribution in [0, 0.1) is 12.7 Å². The van der Waals surface area contributed by atoms with E-state index in [0.717, 1.165) is 15.6 Å². The summed E-state index contributed by atoms with van der Waals surface area (Å²) in [6, 6.07) is 15.1. The van der Waals surface area contributed by atoms with E-state index in [-0.39, 0.29) is 17.2 Å². The van der Waals surface area contributed by atoms with Crippen molar-refractivity contribution in [2.75, 3.05) is 18.6 Å². The number of hydrogen-bond acceptors (Lipinski definition) is 9. The molecule has 34 heavy (non-hydrogen) atoms. The van der Waals surface area contributed by atoms with Gasteiger partial charge in [0, 0.05) is 23.1 Å². The molecule has 2 aromatic heterocycles. The Balaban J connectivity index is 1.45. The largest absolute Gasteiger partial charge is 0.495 e. The molecule has 5 rings (SSSR count). The van der Waals surface area contributed by atoms with Crippen molar-refractivity contribution in [2.24, 2.45) is 0 Å². The molecule has 0 radical (unpaired) electrons. The van der Waals surface area contributed by atoms with Gasteiger partial charge in [0.2, 0.25) is 0 Å². The number of rotatable bonds is 5. The van der Waals surface area contributed by atoms with Crippen LogP contribution in [0.2, 0.25) is 0 Å². The molecule has 0 saturated heterocycles. The quantitative estimate of drug-likeness (QED) is 0.332. The van der Waals surface area contributed by atoms with Crippen molar-refractivity contribution in [3.8, 4) is 39.2 Å². The maximum Gasteiger partial charge on any atom is 0.165 e. The number of fused-ring (bicyclic) bond motifs is 1. The Morgan fingerprint density at radius 3 is 2.50 bits per heavy atom. The number of aromatic nitrogens is 4. The Morgan fingerprint density at radius 2 is 1.76 bits per heavy atom. The molecule has 0 fully saturated rings. The predicted molar refractivity (Wildman–Crippen MR) is 130 cm³/mol. The van der Waals surface area contributed by atoms with Crippen LogP contribution in [0.4, 0.5) is 15.9 Å². The summed E-state index contributed by atoms with van der Waals surface area (Å²) in [4.78, 5) is 8.73. The van der Waals surface area contributed by atoms with Gasteiger partial charge in [-0.3, -0.25) is 0 Å². The number of ether oxygens (including phenoxy) is 2. The van der Waals surface area contributed by atoms with Crippen LogP contribution >= 0.6 is 11.3 Å². The first-order valence-electron chi connectivity index (χ1n) is 10.2. The van der Waals surface area contributed by atoms with Crippen molar-refractivity contribution in [3.05, 3.63) is 65.4 Å². The summed E-state index contributed by atoms with van der Waals surface area (Å²) >= 11 is 1.49. The van der Waals surface area contributed by atoms with Crippen molar-refractivity contribution >= 4 is 33.7 Å². The number of halogens is 1. The first-order valence-corrected chi connectivity index (χ1v) is 11.0. The number of benzene rings is 3. The third-order valence-electron chi connectivity index (χ3n) is 5.10. The second kappa shape index (κ2) is 8.56. The van der Waals surface area contributed by atoms with Crippen LogP contribution < -0.4 is 20.9 Å². The van der Waals surface area contributed by atoms with Gasteiger partial charge in [-0.05, 0) is 37.3 Å². The molecule has 0 unspecified atom stereocenters. The molecule has 10 heteroatoms. The second-order valence-electron chi connectivity index (χ2n) is 7.44. The molecule has 0 spiro atoms. The molecule has 0 aliphatic heterocycles. The standard InChI is InChI=1S/C24H19FN6O2S/c1-12-30-31-24(34-12)13-4-3-5-14(8-13)33-15-6-7-16(18(25)9-15)23-28-20-11-21(32-2)19(26)10-17(20)22(27)29-23/h3-11H,26H2,1-2H3,(H2,27,28,29). The van der Waals surface area contributed by atoms with Crippen molar-refractivity contribution in [1.82, 2.24) is 20.2 Å². The molecule has 0 aliphatic rings. The number of nitrogens with zero attached hydrogens (tertiary/aromatic N) is 4. The van der Waals surface area contributed by atoms with E-state index in [1.165, 1.54) is 24.5 Å². The van der Waals surface area contributed by atoms with Crippen LogP contribution in [0.3, 0.4) is 0 Å². The van der Waals surface area contributed by atoms with Crippen molar-refractivity contribution in [2.45, 2.75) is 6.92 Å². The zero-order valence-electron chi connectivity index (χ0n) is 18.2. The van der Waals surface area contributed by atoms with Crippen LogP contribution in [0.15, 0.2) is 54.6 Å². The van der Waals surface area contributed by atoms with E-state index in [2.05, 4.69) is 20.2 Å². The van der Waals surface area contributed by atoms with Gasteiger partial charge in [-0.1, -0.05) is 23.5 Å². The topological polar surface area (TPSA) is 122 Å². The van der Waals surface area contributed by atoms with Gasteiger partial charge in [-0.25, -0.2) is 14.4 Å². The Hall–Kier alpha value is -4.31. The van der Waals surface area contributed by atoms with Gasteiger partial charge in [0.05, 0.1) is 23.9 Å². The van der Waals surface area contributed by atoms with Crippen LogP contribution in [-0.4, -0.2) is 27.3 Å². The second-order valence-corrected chi connectivity index (χ2v) is 8.62. The first-order chi connectivity index (χ1) is 16.4. The fraction of sp³-hybridized carbons (Fsp3) is 0.0833. The summed E-state index contributed by atoms with van der Waals surface area (Å²) in [5, 5.41) is 10.4. The fourth-order valence-electron chi connectivity index (χ4n) is 3.48. The number of nitrogens with two attached hydrogens (primary N) is 2. The lowest BCUT2D eigenvalue weighted by molar-refractivity contribution is 0.417. The molecule has 0 saturated carbocycles. The Bertz CT molecular complexity index is 1540. The Kier molecular flexibility index (Phi) is 5.42. The van der Waals surface area contributed by atoms with Crippen LogP contribution in [0.25, 0.3) is 32.9 Å². The molecule has 0 aliphatic carbocycles. The van der Waals surface area contributed by atoms with Crippen LogP contribution in [0.5, 0.6) is 17.2 Å². The molecular weight excluding hydrogens is 455 g/mol. The highest BCUT2D eigenvalue weighted by atomic mass is 32.1. The van der Waals surface area contributed by atoms with Crippen LogP contribution in [0.1, 0.15) is 5.01 Å². The SMILES string of the molecule is COc1cc2nc(-c3ccc(Oc4cccc(-c5nnc(C)s5)c4)cc3F)nc(N)c2cc1N. The van der Waals surface area contributed by atoms with E-state index in [4.69, 9.17) is 20.9 Å². The highest BCUT2D eigenvalue weighted by Gasteiger charge is 2.15. The summed E-state index contributed by atoms with van der Waals surface area (Å²) in [5.74, 6) is 1.12. The van der Waals surface area contributed by atoms with Crippen molar-refractivity contribution in [1.29, 1.82) is 0 Å². The minimum atomic E-state index is -0.547. The van der Waals surface area contributed by atoms with E-state index >= 15 is 4.39 Å². The number of aryl methyl sites for hydroxylation is 1.